The molecule has 6 nitrogen and oxygen atoms in total. The summed E-state index contributed by atoms with van der Waals surface area (Å²) >= 11 is 0. The first kappa shape index (κ1) is 19.3. The van der Waals surface area contributed by atoms with Crippen LogP contribution < -0.4 is 11.1 Å². The minimum atomic E-state index is -0.573. The summed E-state index contributed by atoms with van der Waals surface area (Å²) in [7, 11) is 0. The average molecular weight is 354 g/mol. The van der Waals surface area contributed by atoms with E-state index >= 15 is 0 Å². The molecule has 0 atom stereocenters. The highest BCUT2D eigenvalue weighted by molar-refractivity contribution is 6.05. The number of nitrogens with zero attached hydrogens (tertiary/aromatic N) is 1. The number of ether oxygens (including phenoxy) is 1. The van der Waals surface area contributed by atoms with Crippen LogP contribution in [-0.4, -0.2) is 21.7 Å². The lowest BCUT2D eigenvalue weighted by atomic mass is 10.0. The number of nitrogen functional groups attached to an aromatic ring is 1. The summed E-state index contributed by atoms with van der Waals surface area (Å²) in [6.45, 7) is 9.45. The van der Waals surface area contributed by atoms with Crippen LogP contribution in [0.2, 0.25) is 0 Å². The van der Waals surface area contributed by atoms with Gasteiger partial charge in [-0.15, -0.1) is 0 Å². The van der Waals surface area contributed by atoms with Gasteiger partial charge < -0.3 is 15.5 Å². The number of carbonyl (C=O) groups excluding carboxylic acids is 1. The fraction of sp³-hybridized carbons (Fsp3) is 0.300. The zero-order valence-electron chi connectivity index (χ0n) is 15.9. The van der Waals surface area contributed by atoms with E-state index in [1.165, 1.54) is 0 Å². The molecular weight excluding hydrogens is 328 g/mol. The third kappa shape index (κ3) is 4.53. The van der Waals surface area contributed by atoms with Crippen LogP contribution in [-0.2, 0) is 4.74 Å². The maximum Gasteiger partial charge on any atom is 0.413 e. The Bertz CT molecular complexity index is 877. The van der Waals surface area contributed by atoms with Crippen LogP contribution in [0.25, 0.3) is 22.0 Å². The van der Waals surface area contributed by atoms with Crippen LogP contribution in [0.15, 0.2) is 42.7 Å². The van der Waals surface area contributed by atoms with Gasteiger partial charge in [-0.1, -0.05) is 26.0 Å². The second-order valence-electron chi connectivity index (χ2n) is 6.53. The molecule has 0 spiro atoms. The first-order valence-electron chi connectivity index (χ1n) is 8.65. The molecule has 0 fully saturated rings. The summed E-state index contributed by atoms with van der Waals surface area (Å²) in [6, 6.07) is 9.40. The standard InChI is InChI=1S/C18H20N4O2.C2H6/c1-18(2,3)24-17(23)22-16-15-13(10-21-14(15)8-9-20-16)11-4-6-12(19)7-5-11;1-2/h4-10,21H,19H2,1-3H3,(H,20,22,23);1-2H3. The second kappa shape index (κ2) is 7.91. The predicted octanol–water partition coefficient (Wildman–Crippen LogP) is 5.19. The van der Waals surface area contributed by atoms with Crippen LogP contribution in [0, 0.1) is 0 Å². The van der Waals surface area contributed by atoms with Gasteiger partial charge in [0.05, 0.1) is 10.9 Å². The van der Waals surface area contributed by atoms with E-state index in [1.807, 2.05) is 71.1 Å². The van der Waals surface area contributed by atoms with Gasteiger partial charge in [-0.25, -0.2) is 9.78 Å². The number of hydrogen-bond acceptors (Lipinski definition) is 4. The van der Waals surface area contributed by atoms with Crippen molar-refractivity contribution in [3.8, 4) is 11.1 Å². The van der Waals surface area contributed by atoms with Crippen molar-refractivity contribution in [3.05, 3.63) is 42.7 Å². The molecule has 3 aromatic rings. The molecule has 4 N–H and O–H groups in total. The average Bonchev–Trinajstić information content (AvgIpc) is 3.01. The van der Waals surface area contributed by atoms with Crippen molar-refractivity contribution in [2.24, 2.45) is 0 Å². The number of aromatic nitrogens is 2. The summed E-state index contributed by atoms with van der Waals surface area (Å²) in [5, 5.41) is 3.56. The highest BCUT2D eigenvalue weighted by atomic mass is 16.6. The summed E-state index contributed by atoms with van der Waals surface area (Å²) in [4.78, 5) is 19.6. The van der Waals surface area contributed by atoms with Crippen molar-refractivity contribution in [3.63, 3.8) is 0 Å². The van der Waals surface area contributed by atoms with Crippen molar-refractivity contribution in [1.82, 2.24) is 9.97 Å². The Hall–Kier alpha value is -3.02. The molecule has 3 rings (SSSR count). The molecule has 0 aliphatic rings. The molecule has 138 valence electrons. The Balaban J connectivity index is 0.00000117. The monoisotopic (exact) mass is 354 g/mol. The number of fused-ring (bicyclic) bond motifs is 1. The van der Waals surface area contributed by atoms with Gasteiger partial charge in [-0.3, -0.25) is 5.32 Å². The summed E-state index contributed by atoms with van der Waals surface area (Å²) in [6.07, 6.45) is 2.99. The number of amides is 1. The molecule has 0 aliphatic heterocycles. The first-order chi connectivity index (χ1) is 12.3. The van der Waals surface area contributed by atoms with Gasteiger partial charge in [-0.05, 0) is 44.5 Å². The van der Waals surface area contributed by atoms with E-state index in [1.54, 1.807) is 6.20 Å². The molecule has 0 bridgehead atoms. The lowest BCUT2D eigenvalue weighted by Gasteiger charge is -2.19. The molecule has 0 unspecified atom stereocenters. The van der Waals surface area contributed by atoms with Crippen molar-refractivity contribution >= 4 is 28.5 Å². The van der Waals surface area contributed by atoms with E-state index in [0.29, 0.717) is 11.5 Å². The number of anilines is 2. The van der Waals surface area contributed by atoms with E-state index in [2.05, 4.69) is 15.3 Å². The lowest BCUT2D eigenvalue weighted by molar-refractivity contribution is 0.0635. The zero-order chi connectivity index (χ0) is 19.3. The van der Waals surface area contributed by atoms with Crippen LogP contribution in [0.3, 0.4) is 0 Å². The Labute approximate surface area is 153 Å². The van der Waals surface area contributed by atoms with Crippen LogP contribution in [0.5, 0.6) is 0 Å². The van der Waals surface area contributed by atoms with E-state index in [9.17, 15) is 4.79 Å². The van der Waals surface area contributed by atoms with Crippen LogP contribution in [0.4, 0.5) is 16.3 Å². The molecule has 1 aromatic carbocycles. The largest absolute Gasteiger partial charge is 0.444 e. The zero-order valence-corrected chi connectivity index (χ0v) is 15.9. The Kier molecular flexibility index (Phi) is 5.87. The van der Waals surface area contributed by atoms with Crippen molar-refractivity contribution < 1.29 is 9.53 Å². The molecule has 1 amide bonds. The predicted molar refractivity (Wildman–Crippen MR) is 107 cm³/mol. The number of carbonyl (C=O) groups is 1. The molecular formula is C20H26N4O2. The molecule has 2 aromatic heterocycles. The Morgan fingerprint density at radius 1 is 1.15 bits per heavy atom. The van der Waals surface area contributed by atoms with Gasteiger partial charge in [0.15, 0.2) is 0 Å². The van der Waals surface area contributed by atoms with Gasteiger partial charge in [0.2, 0.25) is 0 Å². The van der Waals surface area contributed by atoms with Crippen molar-refractivity contribution in [1.29, 1.82) is 0 Å². The number of H-pyrrole nitrogens is 1. The number of benzene rings is 1. The molecule has 6 heteroatoms. The third-order valence-electron chi connectivity index (χ3n) is 3.43. The minimum absolute atomic E-state index is 0.454. The van der Waals surface area contributed by atoms with Gasteiger partial charge in [0.25, 0.3) is 0 Å². The van der Waals surface area contributed by atoms with E-state index in [-0.39, 0.29) is 0 Å². The highest BCUT2D eigenvalue weighted by Crippen LogP contribution is 2.33. The van der Waals surface area contributed by atoms with E-state index < -0.39 is 11.7 Å². The normalized spacial score (nSPS) is 10.8. The number of hydrogen-bond donors (Lipinski definition) is 3. The van der Waals surface area contributed by atoms with Crippen LogP contribution >= 0.6 is 0 Å². The van der Waals surface area contributed by atoms with Crippen LogP contribution in [0.1, 0.15) is 34.6 Å². The third-order valence-corrected chi connectivity index (χ3v) is 3.43. The molecule has 2 heterocycles. The van der Waals surface area contributed by atoms with Crippen molar-refractivity contribution in [2.45, 2.75) is 40.2 Å². The Morgan fingerprint density at radius 2 is 1.81 bits per heavy atom. The fourth-order valence-electron chi connectivity index (χ4n) is 2.46. The summed E-state index contributed by atoms with van der Waals surface area (Å²) in [5.74, 6) is 0.454. The molecule has 0 saturated heterocycles. The van der Waals surface area contributed by atoms with Gasteiger partial charge in [0, 0.05) is 23.6 Å². The van der Waals surface area contributed by atoms with Gasteiger partial charge in [-0.2, -0.15) is 0 Å². The highest BCUT2D eigenvalue weighted by Gasteiger charge is 2.19. The number of nitrogens with one attached hydrogen (secondary N) is 2. The number of pyridine rings is 1. The minimum Gasteiger partial charge on any atom is -0.444 e. The Morgan fingerprint density at radius 3 is 2.42 bits per heavy atom. The number of aromatic amines is 1. The van der Waals surface area contributed by atoms with E-state index in [0.717, 1.165) is 22.0 Å². The van der Waals surface area contributed by atoms with E-state index in [4.69, 9.17) is 10.5 Å². The SMILES string of the molecule is CC.CC(C)(C)OC(=O)Nc1nccc2[nH]cc(-c3ccc(N)cc3)c12. The molecule has 0 aliphatic carbocycles. The van der Waals surface area contributed by atoms with Gasteiger partial charge >= 0.3 is 6.09 Å². The van der Waals surface area contributed by atoms with Crippen molar-refractivity contribution in [2.75, 3.05) is 11.1 Å². The maximum absolute atomic E-state index is 12.1. The smallest absolute Gasteiger partial charge is 0.413 e. The quantitative estimate of drug-likeness (QED) is 0.552. The lowest BCUT2D eigenvalue weighted by Crippen LogP contribution is -2.27. The summed E-state index contributed by atoms with van der Waals surface area (Å²) < 4.78 is 5.31. The number of nitrogens with two attached hydrogens (primary N) is 1. The topological polar surface area (TPSA) is 93.0 Å². The molecule has 0 radical (unpaired) electrons. The second-order valence-corrected chi connectivity index (χ2v) is 6.53. The summed E-state index contributed by atoms with van der Waals surface area (Å²) in [5.41, 5.74) is 8.67. The maximum atomic E-state index is 12.1. The number of rotatable bonds is 2. The fourth-order valence-corrected chi connectivity index (χ4v) is 2.46. The first-order valence-corrected chi connectivity index (χ1v) is 8.65. The molecule has 26 heavy (non-hydrogen) atoms. The van der Waals surface area contributed by atoms with Gasteiger partial charge in [0.1, 0.15) is 11.4 Å². The molecule has 0 saturated carbocycles.